The highest BCUT2D eigenvalue weighted by atomic mass is 35.5. The van der Waals surface area contributed by atoms with Gasteiger partial charge >= 0.3 is 5.97 Å². The molecule has 0 saturated carbocycles. The maximum absolute atomic E-state index is 17.0. The lowest BCUT2D eigenvalue weighted by molar-refractivity contribution is -0.139. The Morgan fingerprint density at radius 2 is 2.02 bits per heavy atom. The molecule has 2 saturated heterocycles. The van der Waals surface area contributed by atoms with E-state index < -0.39 is 29.7 Å². The summed E-state index contributed by atoms with van der Waals surface area (Å²) in [6, 6.07) is 8.01. The van der Waals surface area contributed by atoms with Crippen molar-refractivity contribution in [3.63, 3.8) is 0 Å². The Hall–Kier alpha value is -4.03. The number of aryl methyl sites for hydroxylation is 1. The van der Waals surface area contributed by atoms with Crippen LogP contribution in [0.5, 0.6) is 5.88 Å². The average molecular weight is 638 g/mol. The van der Waals surface area contributed by atoms with E-state index in [-0.39, 0.29) is 67.9 Å². The average Bonchev–Trinajstić information content (AvgIpc) is 3.62. The third-order valence-electron chi connectivity index (χ3n) is 9.13. The number of fused-ring (bicyclic) bond motifs is 11. The highest BCUT2D eigenvalue weighted by molar-refractivity contribution is 6.30. The molecule has 3 aromatic heterocycles. The molecule has 6 bridgehead atoms. The number of halogens is 2. The predicted molar refractivity (Wildman–Crippen MR) is 163 cm³/mol. The van der Waals surface area contributed by atoms with Crippen LogP contribution < -0.4 is 9.64 Å². The number of aromatic nitrogens is 3. The van der Waals surface area contributed by atoms with Crippen molar-refractivity contribution >= 4 is 51.4 Å². The van der Waals surface area contributed by atoms with E-state index >= 15 is 4.39 Å². The van der Waals surface area contributed by atoms with Crippen molar-refractivity contribution in [2.75, 3.05) is 37.7 Å². The number of aliphatic carboxylic acids is 1. The van der Waals surface area contributed by atoms with Crippen molar-refractivity contribution in [3.8, 4) is 5.88 Å². The molecule has 0 radical (unpaired) electrons. The van der Waals surface area contributed by atoms with Gasteiger partial charge in [0.05, 0.1) is 30.2 Å². The maximum atomic E-state index is 17.0. The number of carboxylic acid groups (broad SMARTS) is 1. The standard InChI is InChI=1S/C32H33ClFN5O6/c1-18-16-38-10-9-32(18,34)22-13-19(33)15-35-30(22)44-20-14-23(31(41)42)39(17-20)29-28-27(21-5-2-3-6-24(21)45-28)36-25(37-29)7-4-11-43-12-8-26(38)40/h2-3,5-6,13,15,18,20,23H,4,7-12,14,16-17H2,1H3,(H,41,42)/t18-,20-,23-,32+/m0/s1. The molecule has 8 rings (SSSR count). The van der Waals surface area contributed by atoms with Gasteiger partial charge in [-0.2, -0.15) is 0 Å². The molecule has 7 heterocycles. The number of piperidine rings is 1. The Morgan fingerprint density at radius 1 is 1.18 bits per heavy atom. The Balaban J connectivity index is 1.31. The van der Waals surface area contributed by atoms with Crippen molar-refractivity contribution in [2.24, 2.45) is 5.92 Å². The second kappa shape index (κ2) is 11.7. The molecular weight excluding hydrogens is 605 g/mol. The van der Waals surface area contributed by atoms with Gasteiger partial charge in [0, 0.05) is 56.5 Å². The molecule has 0 unspecified atom stereocenters. The van der Waals surface area contributed by atoms with E-state index in [1.807, 2.05) is 24.3 Å². The number of hydrogen-bond donors (Lipinski definition) is 1. The van der Waals surface area contributed by atoms with E-state index in [4.69, 9.17) is 35.5 Å². The van der Waals surface area contributed by atoms with E-state index in [0.717, 1.165) is 5.39 Å². The topological polar surface area (TPSA) is 131 Å². The van der Waals surface area contributed by atoms with Crippen LogP contribution >= 0.6 is 11.6 Å². The van der Waals surface area contributed by atoms with E-state index in [1.54, 1.807) is 16.7 Å². The quantitative estimate of drug-likeness (QED) is 0.307. The van der Waals surface area contributed by atoms with Gasteiger partial charge in [0.15, 0.2) is 11.4 Å². The van der Waals surface area contributed by atoms with Crippen molar-refractivity contribution in [2.45, 2.75) is 56.8 Å². The number of amides is 1. The summed E-state index contributed by atoms with van der Waals surface area (Å²) in [5, 5.41) is 11.4. The zero-order valence-corrected chi connectivity index (χ0v) is 25.5. The predicted octanol–water partition coefficient (Wildman–Crippen LogP) is 4.92. The number of ether oxygens (including phenoxy) is 2. The van der Waals surface area contributed by atoms with Crippen LogP contribution in [-0.2, 0) is 26.4 Å². The third kappa shape index (κ3) is 5.43. The lowest BCUT2D eigenvalue weighted by atomic mass is 9.78. The van der Waals surface area contributed by atoms with Crippen LogP contribution in [0.1, 0.15) is 44.0 Å². The number of carboxylic acids is 1. The summed E-state index contributed by atoms with van der Waals surface area (Å²) < 4.78 is 35.3. The van der Waals surface area contributed by atoms with E-state index in [0.29, 0.717) is 47.8 Å². The molecule has 1 aromatic carbocycles. The van der Waals surface area contributed by atoms with Crippen LogP contribution in [-0.4, -0.2) is 81.8 Å². The van der Waals surface area contributed by atoms with Crippen LogP contribution in [0.4, 0.5) is 10.2 Å². The van der Waals surface area contributed by atoms with E-state index in [2.05, 4.69) is 4.98 Å². The van der Waals surface area contributed by atoms with Crippen LogP contribution in [0, 0.1) is 5.92 Å². The van der Waals surface area contributed by atoms with Crippen LogP contribution in [0.25, 0.3) is 22.1 Å². The summed E-state index contributed by atoms with van der Waals surface area (Å²) >= 11 is 6.32. The largest absolute Gasteiger partial charge is 0.480 e. The number of hydrogen-bond acceptors (Lipinski definition) is 9. The normalized spacial score (nSPS) is 26.2. The minimum Gasteiger partial charge on any atom is -0.480 e. The first-order valence-corrected chi connectivity index (χ1v) is 15.6. The SMILES string of the molecule is C[C@H]1CN2CC[C@]1(F)c1cc(Cl)cnc1O[C@H]1C[C@@H](C(=O)O)N(C1)c1nc(nc3c1oc1ccccc13)CCCOCCC2=O. The summed E-state index contributed by atoms with van der Waals surface area (Å²) in [6.45, 7) is 2.98. The second-order valence-electron chi connectivity index (χ2n) is 12.0. The summed E-state index contributed by atoms with van der Waals surface area (Å²) in [5.41, 5.74) is -0.0826. The van der Waals surface area contributed by atoms with Gasteiger partial charge in [-0.15, -0.1) is 0 Å². The Labute approximate surface area is 263 Å². The summed E-state index contributed by atoms with van der Waals surface area (Å²) in [4.78, 5) is 42.9. The summed E-state index contributed by atoms with van der Waals surface area (Å²) in [5.74, 6) is -0.770. The first-order valence-electron chi connectivity index (χ1n) is 15.3. The van der Waals surface area contributed by atoms with E-state index in [1.165, 1.54) is 12.3 Å². The number of rotatable bonds is 1. The van der Waals surface area contributed by atoms with Crippen molar-refractivity contribution in [1.82, 2.24) is 19.9 Å². The Bertz CT molecular complexity index is 1790. The molecule has 1 N–H and O–H groups in total. The molecule has 2 fully saturated rings. The van der Waals surface area contributed by atoms with E-state index in [9.17, 15) is 14.7 Å². The monoisotopic (exact) mass is 637 g/mol. The maximum Gasteiger partial charge on any atom is 0.326 e. The molecule has 1 amide bonds. The van der Waals surface area contributed by atoms with Gasteiger partial charge in [0.25, 0.3) is 0 Å². The number of carbonyl (C=O) groups is 2. The van der Waals surface area contributed by atoms with Gasteiger partial charge in [-0.05, 0) is 24.6 Å². The Kier molecular flexibility index (Phi) is 7.73. The molecule has 4 aliphatic heterocycles. The molecule has 236 valence electrons. The molecule has 45 heavy (non-hydrogen) atoms. The fraction of sp³-hybridized carbons (Fsp3) is 0.469. The minimum absolute atomic E-state index is 0.0431. The first kappa shape index (κ1) is 29.7. The number of alkyl halides is 1. The zero-order valence-electron chi connectivity index (χ0n) is 24.7. The highest BCUT2D eigenvalue weighted by Crippen LogP contribution is 2.46. The molecule has 0 aliphatic carbocycles. The van der Waals surface area contributed by atoms with Crippen LogP contribution in [0.3, 0.4) is 0 Å². The molecule has 4 atom stereocenters. The fourth-order valence-corrected chi connectivity index (χ4v) is 6.90. The number of para-hydroxylation sites is 1. The smallest absolute Gasteiger partial charge is 0.326 e. The molecule has 0 spiro atoms. The van der Waals surface area contributed by atoms with Gasteiger partial charge in [-0.3, -0.25) is 4.79 Å². The molecular formula is C32H33ClFN5O6. The van der Waals surface area contributed by atoms with Gasteiger partial charge in [-0.1, -0.05) is 30.7 Å². The number of anilines is 1. The summed E-state index contributed by atoms with van der Waals surface area (Å²) in [7, 11) is 0. The van der Waals surface area contributed by atoms with Gasteiger partial charge in [-0.25, -0.2) is 24.1 Å². The number of benzene rings is 1. The number of furan rings is 1. The first-order chi connectivity index (χ1) is 21.7. The second-order valence-corrected chi connectivity index (χ2v) is 12.5. The van der Waals surface area contributed by atoms with Crippen LogP contribution in [0.15, 0.2) is 40.9 Å². The number of carbonyl (C=O) groups excluding carboxylic acids is 1. The third-order valence-corrected chi connectivity index (χ3v) is 9.34. The Morgan fingerprint density at radius 3 is 2.84 bits per heavy atom. The van der Waals surface area contributed by atoms with Gasteiger partial charge < -0.3 is 28.8 Å². The molecule has 11 nitrogen and oxygen atoms in total. The fourth-order valence-electron chi connectivity index (χ4n) is 6.74. The lowest BCUT2D eigenvalue weighted by Crippen LogP contribution is -2.49. The molecule has 4 aliphatic rings. The van der Waals surface area contributed by atoms with Gasteiger partial charge in [0.1, 0.15) is 34.7 Å². The molecule has 13 heteroatoms. The van der Waals surface area contributed by atoms with Crippen molar-refractivity contribution < 1.29 is 33.0 Å². The van der Waals surface area contributed by atoms with Gasteiger partial charge in [0.2, 0.25) is 11.8 Å². The van der Waals surface area contributed by atoms with Crippen molar-refractivity contribution in [3.05, 3.63) is 52.9 Å². The summed E-state index contributed by atoms with van der Waals surface area (Å²) in [6.07, 6.45) is 2.14. The molecule has 4 aromatic rings. The number of pyridine rings is 1. The van der Waals surface area contributed by atoms with Crippen LogP contribution in [0.2, 0.25) is 5.02 Å². The number of nitrogens with zero attached hydrogens (tertiary/aromatic N) is 5. The lowest BCUT2D eigenvalue weighted by Gasteiger charge is -2.42. The zero-order chi connectivity index (χ0) is 31.3. The minimum atomic E-state index is -1.87. The highest BCUT2D eigenvalue weighted by Gasteiger charge is 2.47. The van der Waals surface area contributed by atoms with Crippen molar-refractivity contribution in [1.29, 1.82) is 0 Å².